The number of unbranched alkanes of at least 4 members (excludes halogenated alkanes) is 2. The molecule has 0 radical (unpaired) electrons. The quantitative estimate of drug-likeness (QED) is 0.704. The van der Waals surface area contributed by atoms with Gasteiger partial charge in [-0.2, -0.15) is 0 Å². The van der Waals surface area contributed by atoms with E-state index < -0.39 is 0 Å². The molecule has 0 fully saturated rings. The fourth-order valence-electron chi connectivity index (χ4n) is 1.84. The minimum absolute atomic E-state index is 0.817. The van der Waals surface area contributed by atoms with E-state index in [4.69, 9.17) is 5.73 Å². The van der Waals surface area contributed by atoms with E-state index in [2.05, 4.69) is 31.0 Å². The first-order valence-electron chi connectivity index (χ1n) is 5.79. The second kappa shape index (κ2) is 6.46. The molecule has 84 valence electrons. The maximum atomic E-state index is 5.47. The van der Waals surface area contributed by atoms with Crippen LogP contribution in [0.4, 0.5) is 0 Å². The number of nitrogens with two attached hydrogens (primary N) is 1. The average molecular weight is 206 g/mol. The zero-order valence-electron chi connectivity index (χ0n) is 9.84. The number of aromatic nitrogens is 1. The third-order valence-electron chi connectivity index (χ3n) is 2.78. The Labute approximate surface area is 91.9 Å². The first-order valence-corrected chi connectivity index (χ1v) is 5.79. The lowest BCUT2D eigenvalue weighted by Crippen LogP contribution is -2.23. The van der Waals surface area contributed by atoms with Crippen LogP contribution in [0.1, 0.15) is 39.5 Å². The van der Waals surface area contributed by atoms with Gasteiger partial charge in [-0.1, -0.05) is 18.1 Å². The molecule has 0 aromatic carbocycles. The van der Waals surface area contributed by atoms with Gasteiger partial charge in [-0.3, -0.25) is 0 Å². The minimum atomic E-state index is 0.817. The molecule has 1 heterocycles. The summed E-state index contributed by atoms with van der Waals surface area (Å²) in [7, 11) is 0. The molecule has 2 heteroatoms. The number of hydrogen-bond donors (Lipinski definition) is 2. The molecule has 2 nitrogen and oxygen atoms in total. The highest BCUT2D eigenvalue weighted by molar-refractivity contribution is 5.42. The molecule has 1 aromatic heterocycles. The molecule has 0 unspecified atom stereocenters. The fraction of sp³-hybridized carbons (Fsp3) is 0.538. The van der Waals surface area contributed by atoms with Crippen LogP contribution in [0, 0.1) is 0 Å². The molecule has 0 spiro atoms. The van der Waals surface area contributed by atoms with Crippen molar-refractivity contribution in [3.8, 4) is 0 Å². The van der Waals surface area contributed by atoms with Crippen molar-refractivity contribution in [3.63, 3.8) is 0 Å². The van der Waals surface area contributed by atoms with Crippen molar-refractivity contribution in [2.75, 3.05) is 6.54 Å². The largest absolute Gasteiger partial charge is 0.361 e. The lowest BCUT2D eigenvalue weighted by molar-refractivity contribution is 0.698. The molecular weight excluding hydrogens is 184 g/mol. The van der Waals surface area contributed by atoms with E-state index >= 15 is 0 Å². The van der Waals surface area contributed by atoms with Gasteiger partial charge in [0.05, 0.1) is 0 Å². The van der Waals surface area contributed by atoms with Gasteiger partial charge in [0.15, 0.2) is 0 Å². The topological polar surface area (TPSA) is 41.8 Å². The van der Waals surface area contributed by atoms with Crippen LogP contribution >= 0.6 is 0 Å². The van der Waals surface area contributed by atoms with Gasteiger partial charge in [-0.05, 0) is 50.9 Å². The molecule has 0 atom stereocenters. The lowest BCUT2D eigenvalue weighted by Gasteiger charge is -1.99. The van der Waals surface area contributed by atoms with Crippen molar-refractivity contribution in [1.82, 2.24) is 4.98 Å². The SMILES string of the molecule is C/C=c1/[nH]cc/c1=C(/C)CCCCCN. The standard InChI is InChI=1S/C13H22N2/c1-3-13-12(8-10-15-13)11(2)7-5-4-6-9-14/h3,8,10,15H,4-7,9,14H2,1-2H3/b12-11+,13-3+. The number of aromatic amines is 1. The molecule has 0 saturated carbocycles. The molecule has 0 saturated heterocycles. The zero-order valence-corrected chi connectivity index (χ0v) is 9.84. The van der Waals surface area contributed by atoms with Gasteiger partial charge in [0.25, 0.3) is 0 Å². The molecule has 3 N–H and O–H groups in total. The summed E-state index contributed by atoms with van der Waals surface area (Å²) in [6.45, 7) is 5.10. The first-order chi connectivity index (χ1) is 7.29. The van der Waals surface area contributed by atoms with Crippen LogP contribution < -0.4 is 16.3 Å². The monoisotopic (exact) mass is 206 g/mol. The molecule has 0 aliphatic carbocycles. The van der Waals surface area contributed by atoms with Crippen molar-refractivity contribution in [1.29, 1.82) is 0 Å². The molecule has 0 bridgehead atoms. The highest BCUT2D eigenvalue weighted by Crippen LogP contribution is 2.06. The zero-order chi connectivity index (χ0) is 11.1. The summed E-state index contributed by atoms with van der Waals surface area (Å²) in [5.41, 5.74) is 6.94. The van der Waals surface area contributed by atoms with E-state index in [0.29, 0.717) is 0 Å². The van der Waals surface area contributed by atoms with E-state index in [-0.39, 0.29) is 0 Å². The molecule has 0 aliphatic heterocycles. The van der Waals surface area contributed by atoms with Gasteiger partial charge in [-0.15, -0.1) is 0 Å². The Hall–Kier alpha value is -1.02. The van der Waals surface area contributed by atoms with Crippen molar-refractivity contribution in [2.45, 2.75) is 39.5 Å². The summed E-state index contributed by atoms with van der Waals surface area (Å²) in [5.74, 6) is 0. The molecule has 1 aromatic rings. The third kappa shape index (κ3) is 3.56. The second-order valence-electron chi connectivity index (χ2n) is 3.97. The van der Waals surface area contributed by atoms with E-state index in [1.54, 1.807) is 0 Å². The van der Waals surface area contributed by atoms with Gasteiger partial charge in [-0.25, -0.2) is 0 Å². The Bertz CT molecular complexity index is 387. The van der Waals surface area contributed by atoms with Crippen LogP contribution in [-0.4, -0.2) is 11.5 Å². The highest BCUT2D eigenvalue weighted by Gasteiger charge is 1.94. The summed E-state index contributed by atoms with van der Waals surface area (Å²) in [6, 6.07) is 2.16. The number of hydrogen-bond acceptors (Lipinski definition) is 1. The normalized spacial score (nSPS) is 14.5. The minimum Gasteiger partial charge on any atom is -0.361 e. The molecule has 1 rings (SSSR count). The Morgan fingerprint density at radius 3 is 2.87 bits per heavy atom. The van der Waals surface area contributed by atoms with Gasteiger partial charge in [0, 0.05) is 11.5 Å². The number of nitrogens with one attached hydrogen (secondary N) is 1. The van der Waals surface area contributed by atoms with Crippen molar-refractivity contribution in [3.05, 3.63) is 22.8 Å². The fourth-order valence-corrected chi connectivity index (χ4v) is 1.84. The lowest BCUT2D eigenvalue weighted by atomic mass is 10.1. The number of rotatable bonds is 5. The van der Waals surface area contributed by atoms with Crippen molar-refractivity contribution >= 4 is 11.6 Å². The predicted octanol–water partition coefficient (Wildman–Crippen LogP) is 1.50. The van der Waals surface area contributed by atoms with Crippen LogP contribution in [0.2, 0.25) is 0 Å². The van der Waals surface area contributed by atoms with Crippen molar-refractivity contribution in [2.24, 2.45) is 5.73 Å². The molecular formula is C13H22N2. The maximum Gasteiger partial charge on any atom is 0.0410 e. The third-order valence-corrected chi connectivity index (χ3v) is 2.78. The predicted molar refractivity (Wildman–Crippen MR) is 66.8 cm³/mol. The summed E-state index contributed by atoms with van der Waals surface area (Å²) in [6.07, 6.45) is 8.94. The van der Waals surface area contributed by atoms with Crippen molar-refractivity contribution < 1.29 is 0 Å². The first kappa shape index (κ1) is 12.1. The van der Waals surface area contributed by atoms with Gasteiger partial charge in [0.2, 0.25) is 0 Å². The van der Waals surface area contributed by atoms with E-state index in [1.165, 1.54) is 35.4 Å². The van der Waals surface area contributed by atoms with Gasteiger partial charge in [0.1, 0.15) is 0 Å². The van der Waals surface area contributed by atoms with Crippen LogP contribution in [0.5, 0.6) is 0 Å². The summed E-state index contributed by atoms with van der Waals surface area (Å²) in [5, 5.41) is 2.61. The Morgan fingerprint density at radius 1 is 1.40 bits per heavy atom. The van der Waals surface area contributed by atoms with Crippen LogP contribution in [0.15, 0.2) is 12.3 Å². The van der Waals surface area contributed by atoms with Crippen LogP contribution in [0.3, 0.4) is 0 Å². The van der Waals surface area contributed by atoms with E-state index in [9.17, 15) is 0 Å². The highest BCUT2D eigenvalue weighted by atomic mass is 14.6. The van der Waals surface area contributed by atoms with E-state index in [1.807, 2.05) is 6.20 Å². The molecule has 0 amide bonds. The Morgan fingerprint density at radius 2 is 2.20 bits per heavy atom. The smallest absolute Gasteiger partial charge is 0.0410 e. The molecule has 15 heavy (non-hydrogen) atoms. The summed E-state index contributed by atoms with van der Waals surface area (Å²) >= 11 is 0. The summed E-state index contributed by atoms with van der Waals surface area (Å²) in [4.78, 5) is 3.24. The Balaban J connectivity index is 2.66. The van der Waals surface area contributed by atoms with E-state index in [0.717, 1.165) is 13.0 Å². The number of H-pyrrole nitrogens is 1. The Kier molecular flexibility index (Phi) is 5.19. The second-order valence-corrected chi connectivity index (χ2v) is 3.97. The summed E-state index contributed by atoms with van der Waals surface area (Å²) < 4.78 is 0. The van der Waals surface area contributed by atoms with Crippen LogP contribution in [-0.2, 0) is 0 Å². The molecule has 0 aliphatic rings. The van der Waals surface area contributed by atoms with Gasteiger partial charge < -0.3 is 10.7 Å². The van der Waals surface area contributed by atoms with Crippen LogP contribution in [0.25, 0.3) is 11.6 Å². The average Bonchev–Trinajstić information content (AvgIpc) is 2.72. The maximum absolute atomic E-state index is 5.47. The van der Waals surface area contributed by atoms with Gasteiger partial charge >= 0.3 is 0 Å².